The van der Waals surface area contributed by atoms with Crippen LogP contribution in [0.4, 0.5) is 11.5 Å². The van der Waals surface area contributed by atoms with Crippen LogP contribution in [0.1, 0.15) is 6.42 Å². The summed E-state index contributed by atoms with van der Waals surface area (Å²) in [6, 6.07) is 2.79. The molecule has 80 valence electrons. The van der Waals surface area contributed by atoms with Gasteiger partial charge in [-0.15, -0.1) is 0 Å². The Bertz CT molecular complexity index is 383. The summed E-state index contributed by atoms with van der Waals surface area (Å²) in [5.74, 6) is 0.556. The lowest BCUT2D eigenvalue weighted by Crippen LogP contribution is -2.22. The van der Waals surface area contributed by atoms with Gasteiger partial charge < -0.3 is 10.0 Å². The maximum atomic E-state index is 10.5. The number of nitro groups is 1. The number of anilines is 1. The van der Waals surface area contributed by atoms with E-state index >= 15 is 0 Å². The van der Waals surface area contributed by atoms with E-state index in [0.717, 1.165) is 0 Å². The average Bonchev–Trinajstić information content (AvgIpc) is 2.65. The Morgan fingerprint density at radius 1 is 1.67 bits per heavy atom. The highest BCUT2D eigenvalue weighted by molar-refractivity contribution is 5.47. The Labute approximate surface area is 86.3 Å². The number of rotatable bonds is 2. The predicted molar refractivity (Wildman–Crippen MR) is 53.7 cm³/mol. The van der Waals surface area contributed by atoms with Gasteiger partial charge in [0.2, 0.25) is 0 Å². The number of hydrogen-bond acceptors (Lipinski definition) is 5. The molecule has 0 bridgehead atoms. The molecule has 1 saturated heterocycles. The summed E-state index contributed by atoms with van der Waals surface area (Å²) in [6.45, 7) is 1.18. The van der Waals surface area contributed by atoms with E-state index in [-0.39, 0.29) is 11.8 Å². The Morgan fingerprint density at radius 2 is 2.47 bits per heavy atom. The Morgan fingerprint density at radius 3 is 3.07 bits per heavy atom. The molecule has 0 aliphatic carbocycles. The number of aliphatic hydroxyl groups is 1. The highest BCUT2D eigenvalue weighted by Gasteiger charge is 2.22. The van der Waals surface area contributed by atoms with Crippen LogP contribution in [0, 0.1) is 10.1 Å². The molecule has 0 saturated carbocycles. The van der Waals surface area contributed by atoms with Gasteiger partial charge in [0.15, 0.2) is 0 Å². The normalized spacial score (nSPS) is 20.6. The van der Waals surface area contributed by atoms with E-state index in [1.807, 2.05) is 4.90 Å². The van der Waals surface area contributed by atoms with Crippen LogP contribution in [0.2, 0.25) is 0 Å². The van der Waals surface area contributed by atoms with Gasteiger partial charge in [-0.25, -0.2) is 4.98 Å². The predicted octanol–water partition coefficient (Wildman–Crippen LogP) is 0.561. The minimum absolute atomic E-state index is 0.0291. The maximum Gasteiger partial charge on any atom is 0.274 e. The summed E-state index contributed by atoms with van der Waals surface area (Å²) in [7, 11) is 0. The first kappa shape index (κ1) is 9.85. The largest absolute Gasteiger partial charge is 0.391 e. The number of aliphatic hydroxyl groups excluding tert-OH is 1. The highest BCUT2D eigenvalue weighted by atomic mass is 16.6. The van der Waals surface area contributed by atoms with Gasteiger partial charge in [-0.2, -0.15) is 0 Å². The number of nitrogens with zero attached hydrogens (tertiary/aromatic N) is 3. The molecule has 0 radical (unpaired) electrons. The molecule has 0 unspecified atom stereocenters. The number of aromatic nitrogens is 1. The smallest absolute Gasteiger partial charge is 0.274 e. The van der Waals surface area contributed by atoms with E-state index < -0.39 is 4.92 Å². The fourth-order valence-corrected chi connectivity index (χ4v) is 1.64. The van der Waals surface area contributed by atoms with Crippen molar-refractivity contribution in [3.05, 3.63) is 28.4 Å². The first-order valence-electron chi connectivity index (χ1n) is 4.70. The van der Waals surface area contributed by atoms with Gasteiger partial charge in [-0.05, 0) is 6.42 Å². The van der Waals surface area contributed by atoms with Crippen LogP contribution in [-0.2, 0) is 0 Å². The minimum atomic E-state index is -0.447. The lowest BCUT2D eigenvalue weighted by molar-refractivity contribution is -0.384. The molecule has 1 aromatic heterocycles. The molecule has 1 fully saturated rings. The second kappa shape index (κ2) is 3.82. The van der Waals surface area contributed by atoms with Crippen molar-refractivity contribution in [2.75, 3.05) is 18.0 Å². The molecule has 0 spiro atoms. The summed E-state index contributed by atoms with van der Waals surface area (Å²) in [5, 5.41) is 19.9. The molecular formula is C9H11N3O3. The molecule has 0 amide bonds. The lowest BCUT2D eigenvalue weighted by atomic mass is 10.3. The van der Waals surface area contributed by atoms with E-state index in [9.17, 15) is 15.2 Å². The van der Waals surface area contributed by atoms with E-state index in [1.54, 1.807) is 0 Å². The standard InChI is InChI=1S/C9H11N3O3/c13-8-2-4-11(6-8)9-5-7(12(14)15)1-3-10-9/h1,3,5,8,13H,2,4,6H2/t8-/m1/s1. The van der Waals surface area contributed by atoms with Crippen molar-refractivity contribution in [3.8, 4) is 0 Å². The van der Waals surface area contributed by atoms with Crippen molar-refractivity contribution in [2.45, 2.75) is 12.5 Å². The Balaban J connectivity index is 2.21. The fraction of sp³-hybridized carbons (Fsp3) is 0.444. The van der Waals surface area contributed by atoms with Crippen LogP contribution in [0.3, 0.4) is 0 Å². The van der Waals surface area contributed by atoms with Crippen molar-refractivity contribution in [1.29, 1.82) is 0 Å². The van der Waals surface area contributed by atoms with Gasteiger partial charge in [0.1, 0.15) is 5.82 Å². The molecule has 15 heavy (non-hydrogen) atoms. The zero-order valence-electron chi connectivity index (χ0n) is 8.04. The Hall–Kier alpha value is -1.69. The topological polar surface area (TPSA) is 79.5 Å². The molecule has 2 heterocycles. The molecule has 6 heteroatoms. The van der Waals surface area contributed by atoms with Gasteiger partial charge in [-0.1, -0.05) is 0 Å². The van der Waals surface area contributed by atoms with Crippen LogP contribution in [0.5, 0.6) is 0 Å². The lowest BCUT2D eigenvalue weighted by Gasteiger charge is -2.15. The van der Waals surface area contributed by atoms with Gasteiger partial charge >= 0.3 is 0 Å². The van der Waals surface area contributed by atoms with Crippen molar-refractivity contribution in [1.82, 2.24) is 4.98 Å². The zero-order valence-corrected chi connectivity index (χ0v) is 8.04. The van der Waals surface area contributed by atoms with Crippen molar-refractivity contribution < 1.29 is 10.0 Å². The molecule has 6 nitrogen and oxygen atoms in total. The SMILES string of the molecule is O=[N+]([O-])c1ccnc(N2CC[C@@H](O)C2)c1. The fourth-order valence-electron chi connectivity index (χ4n) is 1.64. The second-order valence-electron chi connectivity index (χ2n) is 3.52. The van der Waals surface area contributed by atoms with Crippen LogP contribution in [0.15, 0.2) is 18.3 Å². The highest BCUT2D eigenvalue weighted by Crippen LogP contribution is 2.21. The van der Waals surface area contributed by atoms with Crippen LogP contribution < -0.4 is 4.90 Å². The first-order valence-corrected chi connectivity index (χ1v) is 4.70. The van der Waals surface area contributed by atoms with Crippen molar-refractivity contribution >= 4 is 11.5 Å². The van der Waals surface area contributed by atoms with Crippen molar-refractivity contribution in [2.24, 2.45) is 0 Å². The van der Waals surface area contributed by atoms with Gasteiger partial charge in [0.05, 0.1) is 17.1 Å². The maximum absolute atomic E-state index is 10.5. The van der Waals surface area contributed by atoms with Crippen LogP contribution >= 0.6 is 0 Å². The molecule has 1 N–H and O–H groups in total. The Kier molecular flexibility index (Phi) is 2.51. The summed E-state index contributed by atoms with van der Waals surface area (Å²) in [4.78, 5) is 16.0. The van der Waals surface area contributed by atoms with E-state index in [2.05, 4.69) is 4.98 Å². The summed E-state index contributed by atoms with van der Waals surface area (Å²) >= 11 is 0. The van der Waals surface area contributed by atoms with E-state index in [4.69, 9.17) is 0 Å². The number of β-amino-alcohol motifs (C(OH)–C–C–N with tert-alkyl or cyclic N) is 1. The summed E-state index contributed by atoms with van der Waals surface area (Å²) in [5.41, 5.74) is 0.0291. The third-order valence-electron chi connectivity index (χ3n) is 2.43. The molecular weight excluding hydrogens is 198 g/mol. The van der Waals surface area contributed by atoms with Crippen LogP contribution in [0.25, 0.3) is 0 Å². The first-order chi connectivity index (χ1) is 7.16. The molecule has 1 aliphatic rings. The van der Waals surface area contributed by atoms with Gasteiger partial charge in [0, 0.05) is 25.4 Å². The quantitative estimate of drug-likeness (QED) is 0.568. The zero-order chi connectivity index (χ0) is 10.8. The third-order valence-corrected chi connectivity index (χ3v) is 2.43. The molecule has 2 rings (SSSR count). The molecule has 1 aliphatic heterocycles. The molecule has 0 aromatic carbocycles. The van der Waals surface area contributed by atoms with Crippen molar-refractivity contribution in [3.63, 3.8) is 0 Å². The average molecular weight is 209 g/mol. The molecule has 1 atom stereocenters. The minimum Gasteiger partial charge on any atom is -0.391 e. The van der Waals surface area contributed by atoms with E-state index in [1.165, 1.54) is 18.3 Å². The molecule has 1 aromatic rings. The second-order valence-corrected chi connectivity index (χ2v) is 3.52. The van der Waals surface area contributed by atoms with Gasteiger partial charge in [-0.3, -0.25) is 10.1 Å². The summed E-state index contributed by atoms with van der Waals surface area (Å²) < 4.78 is 0. The summed E-state index contributed by atoms with van der Waals surface area (Å²) in [6.07, 6.45) is 1.74. The number of pyridine rings is 1. The van der Waals surface area contributed by atoms with Crippen LogP contribution in [-0.4, -0.2) is 34.2 Å². The van der Waals surface area contributed by atoms with E-state index in [0.29, 0.717) is 25.3 Å². The monoisotopic (exact) mass is 209 g/mol. The third kappa shape index (κ3) is 2.04. The number of hydrogen-bond donors (Lipinski definition) is 1. The van der Waals surface area contributed by atoms with Gasteiger partial charge in [0.25, 0.3) is 5.69 Å².